The Morgan fingerprint density at radius 1 is 1.06 bits per heavy atom. The van der Waals surface area contributed by atoms with Crippen LogP contribution in [0.25, 0.3) is 0 Å². The van der Waals surface area contributed by atoms with Gasteiger partial charge in [0.15, 0.2) is 0 Å². The average molecular weight is 262 g/mol. The largest absolute Gasteiger partial charge is 0.353 e. The standard InChI is InChI=1S/C13H8ClNOS/c14-13(16)8-4-3-7-11-12(8)15-9-5-1-2-6-10(9)17-11/h1-7,15H. The SMILES string of the molecule is O=C(Cl)c1cccc2c1Nc1ccccc1S2. The Labute approximate surface area is 108 Å². The van der Waals surface area contributed by atoms with E-state index in [1.54, 1.807) is 17.8 Å². The highest BCUT2D eigenvalue weighted by Crippen LogP contribution is 2.45. The van der Waals surface area contributed by atoms with Crippen molar-refractivity contribution in [2.45, 2.75) is 9.79 Å². The fourth-order valence-electron chi connectivity index (χ4n) is 1.82. The first-order valence-corrected chi connectivity index (χ1v) is 6.32. The van der Waals surface area contributed by atoms with Crippen LogP contribution < -0.4 is 5.32 Å². The topological polar surface area (TPSA) is 29.1 Å². The predicted octanol–water partition coefficient (Wildman–Crippen LogP) is 4.27. The number of benzene rings is 2. The molecule has 0 aliphatic carbocycles. The molecule has 4 heteroatoms. The van der Waals surface area contributed by atoms with Crippen LogP contribution in [0.3, 0.4) is 0 Å². The second kappa shape index (κ2) is 4.09. The number of carbonyl (C=O) groups excluding carboxylic acids is 1. The molecule has 0 fully saturated rings. The monoisotopic (exact) mass is 261 g/mol. The summed E-state index contributed by atoms with van der Waals surface area (Å²) in [4.78, 5) is 13.5. The van der Waals surface area contributed by atoms with E-state index in [1.807, 2.05) is 36.4 Å². The van der Waals surface area contributed by atoms with Crippen LogP contribution in [-0.4, -0.2) is 5.24 Å². The van der Waals surface area contributed by atoms with Crippen molar-refractivity contribution in [2.75, 3.05) is 5.32 Å². The lowest BCUT2D eigenvalue weighted by Crippen LogP contribution is -2.04. The number of halogens is 1. The number of carbonyl (C=O) groups is 1. The Kier molecular flexibility index (Phi) is 2.57. The summed E-state index contributed by atoms with van der Waals surface area (Å²) in [6.07, 6.45) is 0. The van der Waals surface area contributed by atoms with E-state index in [0.717, 1.165) is 21.2 Å². The summed E-state index contributed by atoms with van der Waals surface area (Å²) in [5.41, 5.74) is 2.33. The highest BCUT2D eigenvalue weighted by molar-refractivity contribution is 7.99. The first-order chi connectivity index (χ1) is 8.25. The maximum absolute atomic E-state index is 11.3. The second-order valence-corrected chi connectivity index (χ2v) is 5.10. The molecule has 2 aromatic rings. The van der Waals surface area contributed by atoms with Gasteiger partial charge in [-0.1, -0.05) is 30.0 Å². The lowest BCUT2D eigenvalue weighted by atomic mass is 10.1. The Morgan fingerprint density at radius 3 is 2.65 bits per heavy atom. The second-order valence-electron chi connectivity index (χ2n) is 3.68. The first-order valence-electron chi connectivity index (χ1n) is 5.12. The van der Waals surface area contributed by atoms with Gasteiger partial charge in [-0.25, -0.2) is 0 Å². The lowest BCUT2D eigenvalue weighted by molar-refractivity contribution is 0.108. The number of hydrogen-bond donors (Lipinski definition) is 1. The predicted molar refractivity (Wildman–Crippen MR) is 70.5 cm³/mol. The molecule has 0 saturated carbocycles. The third-order valence-electron chi connectivity index (χ3n) is 2.60. The number of para-hydroxylation sites is 2. The van der Waals surface area contributed by atoms with Crippen LogP contribution in [0.5, 0.6) is 0 Å². The lowest BCUT2D eigenvalue weighted by Gasteiger charge is -2.21. The third-order valence-corrected chi connectivity index (χ3v) is 3.94. The molecule has 1 aliphatic heterocycles. The molecule has 84 valence electrons. The molecular formula is C13H8ClNOS. The van der Waals surface area contributed by atoms with Gasteiger partial charge >= 0.3 is 0 Å². The number of rotatable bonds is 1. The van der Waals surface area contributed by atoms with Crippen molar-refractivity contribution in [1.29, 1.82) is 0 Å². The summed E-state index contributed by atoms with van der Waals surface area (Å²) < 4.78 is 0. The van der Waals surface area contributed by atoms with Crippen molar-refractivity contribution in [3.8, 4) is 0 Å². The van der Waals surface area contributed by atoms with E-state index in [-0.39, 0.29) is 0 Å². The summed E-state index contributed by atoms with van der Waals surface area (Å²) in [6.45, 7) is 0. The molecule has 0 radical (unpaired) electrons. The normalized spacial score (nSPS) is 12.3. The van der Waals surface area contributed by atoms with Crippen LogP contribution in [-0.2, 0) is 0 Å². The van der Waals surface area contributed by atoms with Gasteiger partial charge in [-0.2, -0.15) is 0 Å². The molecule has 0 amide bonds. The van der Waals surface area contributed by atoms with Gasteiger partial charge < -0.3 is 5.32 Å². The van der Waals surface area contributed by atoms with E-state index in [9.17, 15) is 4.79 Å². The number of fused-ring (bicyclic) bond motifs is 2. The molecule has 1 aliphatic rings. The van der Waals surface area contributed by atoms with Gasteiger partial charge in [-0.3, -0.25) is 4.79 Å². The number of hydrogen-bond acceptors (Lipinski definition) is 3. The van der Waals surface area contributed by atoms with E-state index in [2.05, 4.69) is 5.32 Å². The summed E-state index contributed by atoms with van der Waals surface area (Å²) in [5.74, 6) is 0. The van der Waals surface area contributed by atoms with Gasteiger partial charge in [0.05, 0.1) is 16.9 Å². The van der Waals surface area contributed by atoms with Gasteiger partial charge in [0.25, 0.3) is 5.24 Å². The highest BCUT2D eigenvalue weighted by atomic mass is 35.5. The van der Waals surface area contributed by atoms with Crippen molar-refractivity contribution in [2.24, 2.45) is 0 Å². The molecule has 0 saturated heterocycles. The zero-order chi connectivity index (χ0) is 11.8. The molecule has 0 atom stereocenters. The van der Waals surface area contributed by atoms with Gasteiger partial charge in [0.1, 0.15) is 0 Å². The van der Waals surface area contributed by atoms with Crippen LogP contribution in [0.4, 0.5) is 11.4 Å². The minimum atomic E-state index is -0.436. The van der Waals surface area contributed by atoms with Crippen LogP contribution in [0.1, 0.15) is 10.4 Å². The van der Waals surface area contributed by atoms with Gasteiger partial charge in [-0.05, 0) is 35.9 Å². The average Bonchev–Trinajstić information content (AvgIpc) is 2.35. The molecule has 17 heavy (non-hydrogen) atoms. The molecular weight excluding hydrogens is 254 g/mol. The van der Waals surface area contributed by atoms with Gasteiger partial charge in [0, 0.05) is 9.79 Å². The molecule has 2 aromatic carbocycles. The summed E-state index contributed by atoms with van der Waals surface area (Å²) in [5, 5.41) is 2.83. The summed E-state index contributed by atoms with van der Waals surface area (Å²) >= 11 is 7.22. The van der Waals surface area contributed by atoms with Crippen molar-refractivity contribution >= 4 is 40.0 Å². The summed E-state index contributed by atoms with van der Waals surface area (Å²) in [6, 6.07) is 13.5. The van der Waals surface area contributed by atoms with Crippen LogP contribution >= 0.6 is 23.4 Å². The molecule has 2 nitrogen and oxygen atoms in total. The molecule has 1 heterocycles. The quantitative estimate of drug-likeness (QED) is 0.663. The Hall–Kier alpha value is -1.45. The fraction of sp³-hybridized carbons (Fsp3) is 0. The maximum atomic E-state index is 11.3. The Bertz CT molecular complexity index is 612. The molecule has 3 rings (SSSR count). The van der Waals surface area contributed by atoms with Crippen molar-refractivity contribution < 1.29 is 4.79 Å². The molecule has 0 unspecified atom stereocenters. The summed E-state index contributed by atoms with van der Waals surface area (Å²) in [7, 11) is 0. The van der Waals surface area contributed by atoms with Crippen molar-refractivity contribution in [3.05, 3.63) is 48.0 Å². The van der Waals surface area contributed by atoms with Crippen LogP contribution in [0.15, 0.2) is 52.3 Å². The molecule has 0 bridgehead atoms. The van der Waals surface area contributed by atoms with Crippen LogP contribution in [0, 0.1) is 0 Å². The van der Waals surface area contributed by atoms with Crippen LogP contribution in [0.2, 0.25) is 0 Å². The van der Waals surface area contributed by atoms with E-state index in [0.29, 0.717) is 5.56 Å². The zero-order valence-electron chi connectivity index (χ0n) is 8.74. The molecule has 1 N–H and O–H groups in total. The van der Waals surface area contributed by atoms with E-state index in [1.165, 1.54) is 0 Å². The minimum Gasteiger partial charge on any atom is -0.353 e. The third kappa shape index (κ3) is 1.81. The van der Waals surface area contributed by atoms with Crippen molar-refractivity contribution in [1.82, 2.24) is 0 Å². The highest BCUT2D eigenvalue weighted by Gasteiger charge is 2.19. The van der Waals surface area contributed by atoms with E-state index in [4.69, 9.17) is 11.6 Å². The van der Waals surface area contributed by atoms with E-state index < -0.39 is 5.24 Å². The van der Waals surface area contributed by atoms with Gasteiger partial charge in [-0.15, -0.1) is 0 Å². The Morgan fingerprint density at radius 2 is 1.82 bits per heavy atom. The molecule has 0 aromatic heterocycles. The fourth-order valence-corrected chi connectivity index (χ4v) is 3.00. The molecule has 0 spiro atoms. The van der Waals surface area contributed by atoms with Crippen molar-refractivity contribution in [3.63, 3.8) is 0 Å². The minimum absolute atomic E-state index is 0.436. The first kappa shape index (κ1) is 10.7. The number of anilines is 2. The van der Waals surface area contributed by atoms with Gasteiger partial charge in [0.2, 0.25) is 0 Å². The smallest absolute Gasteiger partial charge is 0.254 e. The van der Waals surface area contributed by atoms with E-state index >= 15 is 0 Å². The maximum Gasteiger partial charge on any atom is 0.254 e. The Balaban J connectivity index is 2.15. The zero-order valence-corrected chi connectivity index (χ0v) is 10.3. The number of nitrogens with one attached hydrogen (secondary N) is 1.